The summed E-state index contributed by atoms with van der Waals surface area (Å²) in [6.45, 7) is 11.8. The van der Waals surface area contributed by atoms with Crippen molar-refractivity contribution in [3.63, 3.8) is 0 Å². The number of amidine groups is 1. The number of anilines is 1. The van der Waals surface area contributed by atoms with Gasteiger partial charge in [0.1, 0.15) is 11.0 Å². The maximum Gasteiger partial charge on any atom is 0.147 e. The predicted octanol–water partition coefficient (Wildman–Crippen LogP) is 10.0. The van der Waals surface area contributed by atoms with Crippen molar-refractivity contribution in [1.29, 1.82) is 0 Å². The summed E-state index contributed by atoms with van der Waals surface area (Å²) in [4.78, 5) is 9.56. The molecular weight excluding hydrogens is 544 g/mol. The van der Waals surface area contributed by atoms with Gasteiger partial charge in [-0.3, -0.25) is 9.29 Å². The summed E-state index contributed by atoms with van der Waals surface area (Å²) in [7, 11) is 0. The second-order valence-electron chi connectivity index (χ2n) is 11.4. The molecule has 1 aromatic heterocycles. The second-order valence-corrected chi connectivity index (χ2v) is 12.2. The fourth-order valence-electron chi connectivity index (χ4n) is 5.87. The van der Waals surface area contributed by atoms with Crippen LogP contribution in [0.1, 0.15) is 71.3 Å². The number of benzene rings is 1. The number of hydrogen-bond acceptors (Lipinski definition) is 4. The summed E-state index contributed by atoms with van der Waals surface area (Å²) < 4.78 is 1.85. The average molecular weight is 585 g/mol. The minimum atomic E-state index is 0.506. The van der Waals surface area contributed by atoms with Gasteiger partial charge in [0.2, 0.25) is 0 Å². The van der Waals surface area contributed by atoms with E-state index in [4.69, 9.17) is 34.4 Å². The van der Waals surface area contributed by atoms with E-state index in [1.54, 1.807) is 0 Å². The molecule has 41 heavy (non-hydrogen) atoms. The maximum absolute atomic E-state index is 6.54. The molecule has 0 amide bonds. The van der Waals surface area contributed by atoms with Crippen molar-refractivity contribution in [2.45, 2.75) is 65.7 Å². The number of aromatic nitrogens is 1. The summed E-state index contributed by atoms with van der Waals surface area (Å²) in [5.41, 5.74) is 9.59. The quantitative estimate of drug-likeness (QED) is 0.277. The van der Waals surface area contributed by atoms with E-state index in [0.717, 1.165) is 67.5 Å². The number of fused-ring (bicyclic) bond motifs is 6. The molecule has 214 valence electrons. The lowest BCUT2D eigenvalue weighted by Gasteiger charge is -2.28. The van der Waals surface area contributed by atoms with E-state index in [0.29, 0.717) is 17.0 Å². The van der Waals surface area contributed by atoms with Gasteiger partial charge in [0.15, 0.2) is 0 Å². The molecular formula is C35H41ClN4S. The number of thiol groups is 1. The lowest BCUT2D eigenvalue weighted by atomic mass is 9.90. The van der Waals surface area contributed by atoms with Crippen LogP contribution in [0.4, 0.5) is 5.69 Å². The van der Waals surface area contributed by atoms with Crippen LogP contribution in [0, 0.1) is 11.8 Å². The highest BCUT2D eigenvalue weighted by atomic mass is 35.5. The van der Waals surface area contributed by atoms with Gasteiger partial charge >= 0.3 is 0 Å². The van der Waals surface area contributed by atoms with Crippen molar-refractivity contribution in [2.24, 2.45) is 16.8 Å². The Morgan fingerprint density at radius 2 is 2.12 bits per heavy atom. The van der Waals surface area contributed by atoms with E-state index in [1.165, 1.54) is 39.8 Å². The highest BCUT2D eigenvalue weighted by molar-refractivity contribution is 7.78. The van der Waals surface area contributed by atoms with E-state index < -0.39 is 0 Å². The molecule has 2 aliphatic heterocycles. The molecule has 6 heteroatoms. The van der Waals surface area contributed by atoms with E-state index >= 15 is 0 Å². The Morgan fingerprint density at radius 1 is 1.27 bits per heavy atom. The van der Waals surface area contributed by atoms with Crippen molar-refractivity contribution in [3.05, 3.63) is 101 Å². The maximum atomic E-state index is 6.54. The third kappa shape index (κ3) is 7.25. The predicted molar refractivity (Wildman–Crippen MR) is 180 cm³/mol. The Bertz CT molecular complexity index is 1510. The smallest absolute Gasteiger partial charge is 0.147 e. The molecule has 3 aliphatic rings. The summed E-state index contributed by atoms with van der Waals surface area (Å²) >= 11 is 11.4. The third-order valence-corrected chi connectivity index (χ3v) is 8.73. The monoisotopic (exact) mass is 584 g/mol. The number of halogens is 1. The van der Waals surface area contributed by atoms with E-state index in [-0.39, 0.29) is 0 Å². The third-order valence-electron chi connectivity index (χ3n) is 8.18. The molecule has 2 atom stereocenters. The number of rotatable bonds is 4. The van der Waals surface area contributed by atoms with Crippen molar-refractivity contribution in [1.82, 2.24) is 9.29 Å². The van der Waals surface area contributed by atoms with Crippen LogP contribution in [-0.4, -0.2) is 21.7 Å². The highest BCUT2D eigenvalue weighted by Crippen LogP contribution is 2.50. The van der Waals surface area contributed by atoms with Gasteiger partial charge in [0.25, 0.3) is 0 Å². The number of pyridine rings is 1. The number of nitrogens with one attached hydrogen (secondary N) is 1. The molecule has 0 radical (unpaired) electrons. The van der Waals surface area contributed by atoms with Gasteiger partial charge in [-0.05, 0) is 104 Å². The largest absolute Gasteiger partial charge is 0.384 e. The minimum absolute atomic E-state index is 0.506. The van der Waals surface area contributed by atoms with Crippen LogP contribution in [-0.2, 0) is 0 Å². The van der Waals surface area contributed by atoms with Gasteiger partial charge in [0.05, 0.1) is 17.4 Å². The molecule has 2 unspecified atom stereocenters. The van der Waals surface area contributed by atoms with E-state index in [2.05, 4.69) is 81.4 Å². The number of allylic oxidation sites excluding steroid dienone is 8. The first kappa shape index (κ1) is 29.5. The van der Waals surface area contributed by atoms with Gasteiger partial charge in [-0.1, -0.05) is 80.3 Å². The molecule has 2 aromatic rings. The van der Waals surface area contributed by atoms with Gasteiger partial charge in [-0.2, -0.15) is 0 Å². The van der Waals surface area contributed by atoms with Crippen LogP contribution < -0.4 is 5.32 Å². The van der Waals surface area contributed by atoms with Crippen LogP contribution in [0.15, 0.2) is 100.0 Å². The molecule has 3 heterocycles. The van der Waals surface area contributed by atoms with Gasteiger partial charge in [-0.15, -0.1) is 0 Å². The van der Waals surface area contributed by atoms with Crippen LogP contribution in [0.3, 0.4) is 0 Å². The number of hydrogen-bond donors (Lipinski definition) is 2. The number of nitrogens with zero attached hydrogens (tertiary/aromatic N) is 3. The van der Waals surface area contributed by atoms with Crippen LogP contribution in [0.5, 0.6) is 0 Å². The fraction of sp³-hybridized carbons (Fsp3) is 0.371. The molecule has 0 saturated heterocycles. The second kappa shape index (κ2) is 13.3. The molecule has 0 spiro atoms. The van der Waals surface area contributed by atoms with E-state index in [1.807, 2.05) is 16.6 Å². The summed E-state index contributed by atoms with van der Waals surface area (Å²) in [5, 5.41) is 5.19. The minimum Gasteiger partial charge on any atom is -0.384 e. The first-order valence-electron chi connectivity index (χ1n) is 14.9. The lowest BCUT2D eigenvalue weighted by molar-refractivity contribution is 0.754. The summed E-state index contributed by atoms with van der Waals surface area (Å²) in [6, 6.07) is 8.72. The normalized spacial score (nSPS) is 24.6. The lowest BCUT2D eigenvalue weighted by Crippen LogP contribution is -2.25. The standard InChI is InChI=1S/C35H41ClN4S/c1-5-7-11-25-15-23(3)10-8-14-37-30-18-28-17-26(12-13-33(28)38-21-30)29-20-32(24(4)31-19-27(31)16-25)35(40(41)22-29)39-34(36)9-6-2/h7,9,11-13,15,17-18,21-22,27,31,37,41H,3,5-6,8,10,14,16,19-20H2,1-2,4H3/b11-7-,25-15+,32-24?,34-9+,39-35?. The SMILES string of the molecule is C=C1/C=C(\C=C/CC)CC2CC2C(C)=C2CC(=CN(S)C2=N/C(Cl)=C/CC)c2ccc3ncc(cc3c2)NCCC1. The zero-order valence-electron chi connectivity index (χ0n) is 24.5. The van der Waals surface area contributed by atoms with Gasteiger partial charge in [-0.25, -0.2) is 4.99 Å². The van der Waals surface area contributed by atoms with Gasteiger partial charge in [0, 0.05) is 24.6 Å². The average Bonchev–Trinajstić information content (AvgIpc) is 3.73. The Balaban J connectivity index is 1.59. The molecule has 1 aromatic carbocycles. The molecule has 1 fully saturated rings. The molecule has 1 aliphatic carbocycles. The molecule has 5 rings (SSSR count). The van der Waals surface area contributed by atoms with Crippen molar-refractivity contribution >= 4 is 52.4 Å². The number of aliphatic imine (C=N–C) groups is 1. The first-order chi connectivity index (χ1) is 19.9. The van der Waals surface area contributed by atoms with Gasteiger partial charge < -0.3 is 5.32 Å². The Kier molecular flexibility index (Phi) is 9.57. The Morgan fingerprint density at radius 3 is 2.93 bits per heavy atom. The Labute approximate surface area is 255 Å². The summed E-state index contributed by atoms with van der Waals surface area (Å²) in [6.07, 6.45) is 19.7. The zero-order valence-corrected chi connectivity index (χ0v) is 26.1. The molecule has 5 bridgehead atoms. The fourth-order valence-corrected chi connectivity index (χ4v) is 6.41. The highest BCUT2D eigenvalue weighted by Gasteiger charge is 2.40. The molecule has 1 saturated carbocycles. The summed E-state index contributed by atoms with van der Waals surface area (Å²) in [5.74, 6) is 1.96. The zero-order chi connectivity index (χ0) is 28.9. The van der Waals surface area contributed by atoms with Crippen molar-refractivity contribution < 1.29 is 0 Å². The Hall–Kier alpha value is -3.02. The van der Waals surface area contributed by atoms with Crippen molar-refractivity contribution in [2.75, 3.05) is 11.9 Å². The molecule has 1 N–H and O–H groups in total. The van der Waals surface area contributed by atoms with Crippen LogP contribution in [0.2, 0.25) is 0 Å². The molecule has 4 nitrogen and oxygen atoms in total. The topological polar surface area (TPSA) is 40.5 Å². The van der Waals surface area contributed by atoms with Crippen molar-refractivity contribution in [3.8, 4) is 0 Å². The van der Waals surface area contributed by atoms with E-state index in [9.17, 15) is 0 Å². The van der Waals surface area contributed by atoms with Crippen LogP contribution in [0.25, 0.3) is 16.5 Å². The first-order valence-corrected chi connectivity index (χ1v) is 15.7. The van der Waals surface area contributed by atoms with Crippen LogP contribution >= 0.6 is 24.4 Å².